The lowest BCUT2D eigenvalue weighted by atomic mass is 9.34. The lowest BCUT2D eigenvalue weighted by Crippen LogP contribution is -2.59. The van der Waals surface area contributed by atoms with Crippen LogP contribution < -0.4 is 16.4 Å². The predicted molar refractivity (Wildman–Crippen MR) is 210 cm³/mol. The summed E-state index contributed by atoms with van der Waals surface area (Å²) in [4.78, 5) is 2.69. The van der Waals surface area contributed by atoms with Gasteiger partial charge in [-0.3, -0.25) is 0 Å². The highest BCUT2D eigenvalue weighted by Crippen LogP contribution is 2.45. The molecule has 4 heterocycles. The number of hydrogen-bond acceptors (Lipinski definition) is 2. The third-order valence-electron chi connectivity index (χ3n) is 11.2. The summed E-state index contributed by atoms with van der Waals surface area (Å²) in [6.07, 6.45) is 0. The molecule has 9 aromatic rings. The second-order valence-corrected chi connectivity index (χ2v) is 15.5. The molecule has 0 fully saturated rings. The Morgan fingerprint density at radius 3 is 2.35 bits per heavy atom. The number of aryl methyl sites for hydroxylation is 5. The van der Waals surface area contributed by atoms with Crippen LogP contribution in [-0.2, 0) is 0 Å². The van der Waals surface area contributed by atoms with Crippen molar-refractivity contribution in [2.45, 2.75) is 44.4 Å². The van der Waals surface area contributed by atoms with Crippen LogP contribution in [-0.4, -0.2) is 11.3 Å². The summed E-state index contributed by atoms with van der Waals surface area (Å²) in [5, 5.41) is 7.56. The molecule has 0 saturated carbocycles. The second kappa shape index (κ2) is 9.49. The van der Waals surface area contributed by atoms with E-state index in [-0.39, 0.29) is 6.71 Å². The first-order valence-electron chi connectivity index (χ1n) is 17.2. The molecule has 2 aromatic heterocycles. The van der Waals surface area contributed by atoms with Crippen LogP contribution in [0.5, 0.6) is 0 Å². The zero-order valence-corrected chi connectivity index (χ0v) is 29.0. The molecule has 0 N–H and O–H groups in total. The number of nitrogens with zero attached hydrogens (tertiary/aromatic N) is 1. The molecule has 2 aliphatic rings. The highest BCUT2D eigenvalue weighted by Gasteiger charge is 2.41. The topological polar surface area (TPSA) is 18.1 Å². The standard InChI is InChI=1S/C45H32BNOS/c1-23-13-15-34-37(19-23)49-38-22-29(31-11-8-12-32-40-30-10-7-6-9-28(30)14-16-36(40)48-45(31)32)21-35-42(38)46(34)41-26(4)20-25(3)39-33-18-24(2)17-27(5)43(33)47(35)44(39)41/h6-22H,1-5H3. The minimum Gasteiger partial charge on any atom is -0.455 e. The maximum atomic E-state index is 6.79. The molecule has 0 bridgehead atoms. The Labute approximate surface area is 289 Å². The first kappa shape index (κ1) is 27.7. The summed E-state index contributed by atoms with van der Waals surface area (Å²) in [6, 6.07) is 38.8. The molecule has 232 valence electrons. The van der Waals surface area contributed by atoms with Crippen molar-refractivity contribution < 1.29 is 4.42 Å². The Balaban J connectivity index is 1.30. The number of aromatic nitrogens is 1. The van der Waals surface area contributed by atoms with Crippen molar-refractivity contribution in [3.8, 4) is 16.8 Å². The zero-order valence-electron chi connectivity index (χ0n) is 28.2. The molecule has 0 aliphatic carbocycles. The Hall–Kier alpha value is -5.19. The van der Waals surface area contributed by atoms with Gasteiger partial charge in [0, 0.05) is 48.1 Å². The van der Waals surface area contributed by atoms with Gasteiger partial charge in [-0.15, -0.1) is 0 Å². The van der Waals surface area contributed by atoms with Crippen molar-refractivity contribution in [1.82, 2.24) is 4.57 Å². The molecular weight excluding hydrogens is 613 g/mol. The summed E-state index contributed by atoms with van der Waals surface area (Å²) in [5.74, 6) is 0. The summed E-state index contributed by atoms with van der Waals surface area (Å²) < 4.78 is 9.41. The molecule has 0 unspecified atom stereocenters. The number of furan rings is 1. The van der Waals surface area contributed by atoms with Gasteiger partial charge in [0.2, 0.25) is 6.71 Å². The fraction of sp³-hybridized carbons (Fsp3) is 0.111. The van der Waals surface area contributed by atoms with Crippen LogP contribution in [0.2, 0.25) is 0 Å². The third kappa shape index (κ3) is 3.55. The summed E-state index contributed by atoms with van der Waals surface area (Å²) >= 11 is 1.93. The van der Waals surface area contributed by atoms with Gasteiger partial charge in [0.25, 0.3) is 0 Å². The monoisotopic (exact) mass is 645 g/mol. The van der Waals surface area contributed by atoms with E-state index in [1.807, 2.05) is 11.8 Å². The van der Waals surface area contributed by atoms with Crippen LogP contribution in [0.4, 0.5) is 0 Å². The fourth-order valence-electron chi connectivity index (χ4n) is 9.38. The number of fused-ring (bicyclic) bond motifs is 12. The number of benzene rings is 7. The van der Waals surface area contributed by atoms with E-state index in [9.17, 15) is 0 Å². The molecule has 2 aliphatic heterocycles. The summed E-state index contributed by atoms with van der Waals surface area (Å²) in [5.41, 5.74) is 19.1. The van der Waals surface area contributed by atoms with E-state index in [1.165, 1.54) is 109 Å². The predicted octanol–water partition coefficient (Wildman–Crippen LogP) is 10.3. The summed E-state index contributed by atoms with van der Waals surface area (Å²) in [7, 11) is 0. The highest BCUT2D eigenvalue weighted by atomic mass is 32.2. The molecule has 0 saturated heterocycles. The van der Waals surface area contributed by atoms with Gasteiger partial charge >= 0.3 is 0 Å². The average Bonchev–Trinajstić information content (AvgIpc) is 3.64. The quantitative estimate of drug-likeness (QED) is 0.165. The Bertz CT molecular complexity index is 2980. The summed E-state index contributed by atoms with van der Waals surface area (Å²) in [6.45, 7) is 11.5. The van der Waals surface area contributed by atoms with Gasteiger partial charge in [-0.25, -0.2) is 0 Å². The number of para-hydroxylation sites is 1. The van der Waals surface area contributed by atoms with Crippen molar-refractivity contribution in [2.24, 2.45) is 0 Å². The number of hydrogen-bond donors (Lipinski definition) is 0. The van der Waals surface area contributed by atoms with E-state index in [0.29, 0.717) is 0 Å². The van der Waals surface area contributed by atoms with Gasteiger partial charge in [-0.05, 0) is 103 Å². The Morgan fingerprint density at radius 1 is 0.592 bits per heavy atom. The smallest absolute Gasteiger partial charge is 0.249 e. The Kier molecular flexibility index (Phi) is 5.37. The maximum absolute atomic E-state index is 6.79. The van der Waals surface area contributed by atoms with Crippen molar-refractivity contribution in [2.75, 3.05) is 0 Å². The molecular formula is C45H32BNOS. The van der Waals surface area contributed by atoms with Gasteiger partial charge in [0.1, 0.15) is 11.2 Å². The lowest BCUT2D eigenvalue weighted by Gasteiger charge is -2.35. The first-order chi connectivity index (χ1) is 23.9. The van der Waals surface area contributed by atoms with Crippen LogP contribution in [0.1, 0.15) is 27.8 Å². The molecule has 4 heteroatoms. The van der Waals surface area contributed by atoms with E-state index in [2.05, 4.69) is 142 Å². The van der Waals surface area contributed by atoms with Crippen LogP contribution in [0.25, 0.3) is 71.3 Å². The van der Waals surface area contributed by atoms with Gasteiger partial charge in [-0.1, -0.05) is 107 Å². The van der Waals surface area contributed by atoms with Gasteiger partial charge in [0.05, 0.1) is 5.52 Å². The molecule has 49 heavy (non-hydrogen) atoms. The van der Waals surface area contributed by atoms with Crippen LogP contribution in [0, 0.1) is 34.6 Å². The van der Waals surface area contributed by atoms with Crippen molar-refractivity contribution in [1.29, 1.82) is 0 Å². The van der Waals surface area contributed by atoms with Crippen molar-refractivity contribution >= 4 is 89.4 Å². The molecule has 11 rings (SSSR count). The maximum Gasteiger partial charge on any atom is 0.249 e. The van der Waals surface area contributed by atoms with Gasteiger partial charge < -0.3 is 8.98 Å². The van der Waals surface area contributed by atoms with E-state index < -0.39 is 0 Å². The van der Waals surface area contributed by atoms with E-state index in [1.54, 1.807) is 0 Å². The molecule has 7 aromatic carbocycles. The third-order valence-corrected chi connectivity index (χ3v) is 12.4. The molecule has 0 radical (unpaired) electrons. The highest BCUT2D eigenvalue weighted by molar-refractivity contribution is 8.00. The SMILES string of the molecule is Cc1ccc2c(c1)Sc1cc(-c3cccc4c3oc3ccc5ccccc5c34)cc3c1B2c1c(C)cc(C)c2c4cc(C)cc(C)c4n-3c12. The zero-order chi connectivity index (χ0) is 32.9. The molecule has 2 nitrogen and oxygen atoms in total. The van der Waals surface area contributed by atoms with Crippen LogP contribution in [0.3, 0.4) is 0 Å². The molecule has 0 spiro atoms. The minimum absolute atomic E-state index is 0.172. The van der Waals surface area contributed by atoms with Crippen LogP contribution in [0.15, 0.2) is 117 Å². The first-order valence-corrected chi connectivity index (χ1v) is 18.0. The van der Waals surface area contributed by atoms with Crippen molar-refractivity contribution in [3.05, 3.63) is 131 Å². The molecule has 0 atom stereocenters. The van der Waals surface area contributed by atoms with Gasteiger partial charge in [0.15, 0.2) is 0 Å². The van der Waals surface area contributed by atoms with E-state index >= 15 is 0 Å². The Morgan fingerprint density at radius 2 is 1.45 bits per heavy atom. The van der Waals surface area contributed by atoms with Gasteiger partial charge in [-0.2, -0.15) is 0 Å². The van der Waals surface area contributed by atoms with E-state index in [0.717, 1.165) is 16.7 Å². The van der Waals surface area contributed by atoms with Crippen LogP contribution >= 0.6 is 11.8 Å². The van der Waals surface area contributed by atoms with E-state index in [4.69, 9.17) is 4.42 Å². The average molecular weight is 646 g/mol. The lowest BCUT2D eigenvalue weighted by molar-refractivity contribution is 0.670. The largest absolute Gasteiger partial charge is 0.455 e. The number of rotatable bonds is 1. The fourth-order valence-corrected chi connectivity index (χ4v) is 10.7. The second-order valence-electron chi connectivity index (χ2n) is 14.4. The molecule has 0 amide bonds. The van der Waals surface area contributed by atoms with Crippen molar-refractivity contribution in [3.63, 3.8) is 0 Å². The minimum atomic E-state index is 0.172. The normalized spacial score (nSPS) is 13.3.